The number of oxazole rings is 1. The van der Waals surface area contributed by atoms with Gasteiger partial charge in [-0.1, -0.05) is 6.07 Å². The average Bonchev–Trinajstić information content (AvgIpc) is 2.77. The van der Waals surface area contributed by atoms with Gasteiger partial charge in [0.05, 0.1) is 11.1 Å². The van der Waals surface area contributed by atoms with E-state index in [-0.39, 0.29) is 16.7 Å². The van der Waals surface area contributed by atoms with Crippen LogP contribution in [0.25, 0.3) is 11.1 Å². The Morgan fingerprint density at radius 2 is 2.05 bits per heavy atom. The molecule has 0 fully saturated rings. The van der Waals surface area contributed by atoms with Gasteiger partial charge < -0.3 is 4.42 Å². The van der Waals surface area contributed by atoms with Crippen molar-refractivity contribution >= 4 is 32.8 Å². The molecule has 0 radical (unpaired) electrons. The molecule has 1 aromatic heterocycles. The Hall–Kier alpha value is -2.21. The van der Waals surface area contributed by atoms with Crippen LogP contribution >= 0.6 is 15.9 Å². The van der Waals surface area contributed by atoms with Gasteiger partial charge >= 0.3 is 5.76 Å². The number of aromatic amines is 1. The summed E-state index contributed by atoms with van der Waals surface area (Å²) in [5.74, 6) is -1.70. The van der Waals surface area contributed by atoms with Gasteiger partial charge in [0.25, 0.3) is 0 Å². The van der Waals surface area contributed by atoms with Crippen molar-refractivity contribution in [3.8, 4) is 0 Å². The second kappa shape index (κ2) is 4.72. The van der Waals surface area contributed by atoms with Gasteiger partial charge in [0.2, 0.25) is 0 Å². The minimum absolute atomic E-state index is 0.0512. The van der Waals surface area contributed by atoms with E-state index in [1.54, 1.807) is 12.1 Å². The number of nitrogens with one attached hydrogen (secondary N) is 1. The molecule has 4 nitrogen and oxygen atoms in total. The highest BCUT2D eigenvalue weighted by Crippen LogP contribution is 2.24. The molecule has 0 bridgehead atoms. The number of aromatic nitrogens is 1. The first-order valence-corrected chi connectivity index (χ1v) is 6.47. The van der Waals surface area contributed by atoms with Crippen LogP contribution in [-0.4, -0.2) is 10.8 Å². The molecule has 20 heavy (non-hydrogen) atoms. The molecule has 100 valence electrons. The lowest BCUT2D eigenvalue weighted by molar-refractivity contribution is 0.103. The SMILES string of the molecule is O=C(c1ccc2[nH]c(=O)oc2c1)c1c(F)cccc1Br. The second-order valence-corrected chi connectivity index (χ2v) is 5.01. The minimum atomic E-state index is -0.611. The Kier molecular flexibility index (Phi) is 3.02. The average molecular weight is 336 g/mol. The summed E-state index contributed by atoms with van der Waals surface area (Å²) in [7, 11) is 0. The van der Waals surface area contributed by atoms with Crippen LogP contribution in [0.3, 0.4) is 0 Å². The summed E-state index contributed by atoms with van der Waals surface area (Å²) in [6, 6.07) is 8.77. The minimum Gasteiger partial charge on any atom is -0.408 e. The maximum absolute atomic E-state index is 13.8. The molecule has 0 aliphatic rings. The van der Waals surface area contributed by atoms with Crippen molar-refractivity contribution in [3.05, 3.63) is 68.4 Å². The zero-order chi connectivity index (χ0) is 14.3. The fourth-order valence-corrected chi connectivity index (χ4v) is 2.47. The fraction of sp³-hybridized carbons (Fsp3) is 0. The zero-order valence-electron chi connectivity index (χ0n) is 9.94. The van der Waals surface area contributed by atoms with Crippen LogP contribution in [0.15, 0.2) is 50.1 Å². The van der Waals surface area contributed by atoms with Crippen LogP contribution in [0.4, 0.5) is 4.39 Å². The molecule has 0 saturated heterocycles. The quantitative estimate of drug-likeness (QED) is 0.731. The molecule has 0 saturated carbocycles. The monoisotopic (exact) mass is 335 g/mol. The third-order valence-corrected chi connectivity index (χ3v) is 3.53. The van der Waals surface area contributed by atoms with E-state index in [4.69, 9.17) is 4.42 Å². The Balaban J connectivity index is 2.15. The number of halogens is 2. The third kappa shape index (κ3) is 2.08. The molecule has 0 amide bonds. The number of rotatable bonds is 2. The van der Waals surface area contributed by atoms with Crippen molar-refractivity contribution in [1.82, 2.24) is 4.98 Å². The topological polar surface area (TPSA) is 63.1 Å². The molecule has 0 aliphatic heterocycles. The molecule has 0 spiro atoms. The fourth-order valence-electron chi connectivity index (χ4n) is 1.95. The van der Waals surface area contributed by atoms with Crippen LogP contribution in [0.5, 0.6) is 0 Å². The van der Waals surface area contributed by atoms with Crippen molar-refractivity contribution in [2.75, 3.05) is 0 Å². The smallest absolute Gasteiger partial charge is 0.408 e. The predicted octanol–water partition coefficient (Wildman–Crippen LogP) is 3.25. The van der Waals surface area contributed by atoms with E-state index in [0.29, 0.717) is 9.99 Å². The molecule has 6 heteroatoms. The highest BCUT2D eigenvalue weighted by Gasteiger charge is 2.18. The summed E-state index contributed by atoms with van der Waals surface area (Å²) < 4.78 is 19.0. The molecule has 3 rings (SSSR count). The summed E-state index contributed by atoms with van der Waals surface area (Å²) in [5, 5.41) is 0. The van der Waals surface area contributed by atoms with E-state index in [1.807, 2.05) is 0 Å². The largest absolute Gasteiger partial charge is 0.417 e. The van der Waals surface area contributed by atoms with Crippen molar-refractivity contribution in [2.24, 2.45) is 0 Å². The van der Waals surface area contributed by atoms with E-state index in [2.05, 4.69) is 20.9 Å². The number of H-pyrrole nitrogens is 1. The molecule has 1 heterocycles. The molecular formula is C14H7BrFNO3. The van der Waals surface area contributed by atoms with Gasteiger partial charge in [-0.25, -0.2) is 9.18 Å². The van der Waals surface area contributed by atoms with E-state index < -0.39 is 17.4 Å². The lowest BCUT2D eigenvalue weighted by Crippen LogP contribution is -2.05. The molecule has 0 unspecified atom stereocenters. The maximum Gasteiger partial charge on any atom is 0.417 e. The molecule has 0 aliphatic carbocycles. The van der Waals surface area contributed by atoms with Gasteiger partial charge in [0.1, 0.15) is 5.82 Å². The number of hydrogen-bond donors (Lipinski definition) is 1. The first-order valence-electron chi connectivity index (χ1n) is 5.68. The van der Waals surface area contributed by atoms with Gasteiger partial charge in [-0.05, 0) is 46.3 Å². The van der Waals surface area contributed by atoms with Crippen LogP contribution in [0.1, 0.15) is 15.9 Å². The van der Waals surface area contributed by atoms with Crippen molar-refractivity contribution in [1.29, 1.82) is 0 Å². The third-order valence-electron chi connectivity index (χ3n) is 2.87. The molecular weight excluding hydrogens is 329 g/mol. The standard InChI is InChI=1S/C14H7BrFNO3/c15-8-2-1-3-9(16)12(8)13(18)7-4-5-10-11(6-7)20-14(19)17-10/h1-6H,(H,17,19). The second-order valence-electron chi connectivity index (χ2n) is 4.15. The van der Waals surface area contributed by atoms with Crippen LogP contribution in [0.2, 0.25) is 0 Å². The number of benzene rings is 2. The van der Waals surface area contributed by atoms with Crippen LogP contribution in [0, 0.1) is 5.82 Å². The summed E-state index contributed by atoms with van der Waals surface area (Å²) >= 11 is 3.16. The highest BCUT2D eigenvalue weighted by atomic mass is 79.9. The Morgan fingerprint density at radius 1 is 1.25 bits per heavy atom. The van der Waals surface area contributed by atoms with E-state index >= 15 is 0 Å². The van der Waals surface area contributed by atoms with Gasteiger partial charge in [0.15, 0.2) is 11.4 Å². The number of hydrogen-bond acceptors (Lipinski definition) is 3. The molecule has 3 aromatic rings. The number of fused-ring (bicyclic) bond motifs is 1. The summed E-state index contributed by atoms with van der Waals surface area (Å²) in [6.07, 6.45) is 0. The van der Waals surface area contributed by atoms with Crippen LogP contribution in [-0.2, 0) is 0 Å². The van der Waals surface area contributed by atoms with E-state index in [1.165, 1.54) is 24.3 Å². The highest BCUT2D eigenvalue weighted by molar-refractivity contribution is 9.10. The molecule has 1 N–H and O–H groups in total. The van der Waals surface area contributed by atoms with E-state index in [0.717, 1.165) is 0 Å². The predicted molar refractivity (Wildman–Crippen MR) is 74.4 cm³/mol. The lowest BCUT2D eigenvalue weighted by atomic mass is 10.0. The van der Waals surface area contributed by atoms with Gasteiger partial charge in [-0.3, -0.25) is 9.78 Å². The number of carbonyl (C=O) groups is 1. The number of carbonyl (C=O) groups excluding carboxylic acids is 1. The van der Waals surface area contributed by atoms with Gasteiger partial charge in [-0.2, -0.15) is 0 Å². The Morgan fingerprint density at radius 3 is 2.80 bits per heavy atom. The van der Waals surface area contributed by atoms with Crippen molar-refractivity contribution in [3.63, 3.8) is 0 Å². The van der Waals surface area contributed by atoms with Crippen molar-refractivity contribution in [2.45, 2.75) is 0 Å². The summed E-state index contributed by atoms with van der Waals surface area (Å²) in [4.78, 5) is 25.9. The first kappa shape index (κ1) is 12.8. The first-order chi connectivity index (χ1) is 9.56. The van der Waals surface area contributed by atoms with Crippen molar-refractivity contribution < 1.29 is 13.6 Å². The van der Waals surface area contributed by atoms with Gasteiger partial charge in [0, 0.05) is 10.0 Å². The lowest BCUT2D eigenvalue weighted by Gasteiger charge is -2.05. The Labute approximate surface area is 120 Å². The van der Waals surface area contributed by atoms with E-state index in [9.17, 15) is 14.0 Å². The normalized spacial score (nSPS) is 10.9. The summed E-state index contributed by atoms with van der Waals surface area (Å²) in [6.45, 7) is 0. The van der Waals surface area contributed by atoms with Gasteiger partial charge in [-0.15, -0.1) is 0 Å². The number of ketones is 1. The molecule has 0 atom stereocenters. The maximum atomic E-state index is 13.8. The molecule has 2 aromatic carbocycles. The Bertz CT molecular complexity index is 861. The summed E-state index contributed by atoms with van der Waals surface area (Å²) in [5.41, 5.74) is 0.934. The van der Waals surface area contributed by atoms with Crippen LogP contribution < -0.4 is 5.76 Å². The zero-order valence-corrected chi connectivity index (χ0v) is 11.5.